The van der Waals surface area contributed by atoms with Gasteiger partial charge in [0.1, 0.15) is 0 Å². The van der Waals surface area contributed by atoms with Gasteiger partial charge in [0.15, 0.2) is 15.7 Å². The summed E-state index contributed by atoms with van der Waals surface area (Å²) >= 11 is 0. The summed E-state index contributed by atoms with van der Waals surface area (Å²) in [5.74, 6) is 0.769. The van der Waals surface area contributed by atoms with Crippen molar-refractivity contribution < 1.29 is 12.9 Å². The van der Waals surface area contributed by atoms with Crippen molar-refractivity contribution in [3.05, 3.63) is 30.1 Å². The van der Waals surface area contributed by atoms with E-state index in [0.717, 1.165) is 25.7 Å². The third-order valence-electron chi connectivity index (χ3n) is 4.29. The van der Waals surface area contributed by atoms with Crippen molar-refractivity contribution in [2.24, 2.45) is 5.73 Å². The Balaban J connectivity index is 2.02. The Bertz CT molecular complexity index is 792. The highest BCUT2D eigenvalue weighted by Crippen LogP contribution is 2.36. The number of sulfone groups is 1. The highest BCUT2D eigenvalue weighted by molar-refractivity contribution is 7.91. The maximum absolute atomic E-state index is 12.4. The van der Waals surface area contributed by atoms with Crippen molar-refractivity contribution in [2.75, 3.05) is 5.75 Å². The van der Waals surface area contributed by atoms with Crippen LogP contribution in [0.1, 0.15) is 44.9 Å². The molecular weight excluding hydrogens is 314 g/mol. The molecule has 0 atom stereocenters. The third-order valence-corrected chi connectivity index (χ3v) is 6.26. The van der Waals surface area contributed by atoms with Crippen LogP contribution in [0.5, 0.6) is 0 Å². The normalized spacial score (nSPS) is 17.5. The Kier molecular flexibility index (Phi) is 4.25. The molecule has 7 heteroatoms. The van der Waals surface area contributed by atoms with Crippen molar-refractivity contribution in [1.82, 2.24) is 10.1 Å². The first kappa shape index (κ1) is 16.1. The summed E-state index contributed by atoms with van der Waals surface area (Å²) in [6, 6.07) is 6.73. The Labute approximate surface area is 136 Å². The lowest BCUT2D eigenvalue weighted by Crippen LogP contribution is -2.34. The van der Waals surface area contributed by atoms with E-state index in [0.29, 0.717) is 17.8 Å². The van der Waals surface area contributed by atoms with E-state index in [-0.39, 0.29) is 16.5 Å². The van der Waals surface area contributed by atoms with Gasteiger partial charge in [0.25, 0.3) is 5.89 Å². The minimum absolute atomic E-state index is 0.0891. The van der Waals surface area contributed by atoms with E-state index in [2.05, 4.69) is 10.1 Å². The molecule has 1 fully saturated rings. The maximum atomic E-state index is 12.4. The van der Waals surface area contributed by atoms with Crippen LogP contribution in [-0.2, 0) is 15.4 Å². The molecule has 1 saturated carbocycles. The average molecular weight is 335 g/mol. The molecule has 2 N–H and O–H groups in total. The molecule has 0 bridgehead atoms. The van der Waals surface area contributed by atoms with Crippen molar-refractivity contribution in [3.8, 4) is 11.5 Å². The predicted octanol–water partition coefficient (Wildman–Crippen LogP) is 2.65. The zero-order valence-electron chi connectivity index (χ0n) is 13.2. The molecule has 0 aliphatic heterocycles. The molecule has 6 nitrogen and oxygen atoms in total. The second-order valence-electron chi connectivity index (χ2n) is 6.10. The molecule has 1 aromatic heterocycles. The molecule has 1 heterocycles. The maximum Gasteiger partial charge on any atom is 0.259 e. The molecule has 1 aliphatic rings. The van der Waals surface area contributed by atoms with Gasteiger partial charge in [-0.1, -0.05) is 37.1 Å². The predicted molar refractivity (Wildman–Crippen MR) is 86.4 cm³/mol. The molecule has 2 aromatic rings. The van der Waals surface area contributed by atoms with Crippen LogP contribution in [0.2, 0.25) is 0 Å². The Morgan fingerprint density at radius 3 is 2.65 bits per heavy atom. The first-order chi connectivity index (χ1) is 11.0. The number of hydrogen-bond acceptors (Lipinski definition) is 6. The fourth-order valence-corrected chi connectivity index (χ4v) is 4.59. The smallest absolute Gasteiger partial charge is 0.259 e. The number of nitrogens with two attached hydrogens (primary N) is 1. The van der Waals surface area contributed by atoms with Gasteiger partial charge >= 0.3 is 0 Å². The zero-order valence-corrected chi connectivity index (χ0v) is 14.0. The van der Waals surface area contributed by atoms with Crippen molar-refractivity contribution >= 4 is 9.84 Å². The van der Waals surface area contributed by atoms with Crippen LogP contribution >= 0.6 is 0 Å². The highest BCUT2D eigenvalue weighted by Gasteiger charge is 2.36. The van der Waals surface area contributed by atoms with Crippen molar-refractivity contribution in [2.45, 2.75) is 49.5 Å². The summed E-state index contributed by atoms with van der Waals surface area (Å²) in [6.45, 7) is 1.84. The van der Waals surface area contributed by atoms with Crippen LogP contribution in [0.15, 0.2) is 33.7 Å². The van der Waals surface area contributed by atoms with Gasteiger partial charge in [-0.05, 0) is 31.4 Å². The average Bonchev–Trinajstić information content (AvgIpc) is 3.17. The standard InChI is InChI=1S/C16H21N3O3S/c1-2-11-23(20,21)13-8-4-3-7-12(13)14-18-15(19-22-14)16(17)9-5-6-10-16/h3-4,7-8H,2,5-6,9-11,17H2,1H3. The second kappa shape index (κ2) is 6.05. The summed E-state index contributed by atoms with van der Waals surface area (Å²) in [6.07, 6.45) is 4.28. The molecule has 1 aliphatic carbocycles. The van der Waals surface area contributed by atoms with E-state index in [1.54, 1.807) is 24.3 Å². The van der Waals surface area contributed by atoms with E-state index >= 15 is 0 Å². The molecule has 124 valence electrons. The molecular formula is C16H21N3O3S. The quantitative estimate of drug-likeness (QED) is 0.902. The summed E-state index contributed by atoms with van der Waals surface area (Å²) in [5.41, 5.74) is 6.23. The van der Waals surface area contributed by atoms with Crippen LogP contribution in [0.4, 0.5) is 0 Å². The second-order valence-corrected chi connectivity index (χ2v) is 8.18. The molecule has 3 rings (SSSR count). The van der Waals surface area contributed by atoms with Crippen LogP contribution in [-0.4, -0.2) is 24.3 Å². The fourth-order valence-electron chi connectivity index (χ4n) is 3.06. The van der Waals surface area contributed by atoms with Crippen molar-refractivity contribution in [1.29, 1.82) is 0 Å². The molecule has 0 amide bonds. The van der Waals surface area contributed by atoms with Gasteiger partial charge in [0.2, 0.25) is 0 Å². The third kappa shape index (κ3) is 3.03. The zero-order chi connectivity index (χ0) is 16.5. The molecule has 0 spiro atoms. The Morgan fingerprint density at radius 2 is 1.96 bits per heavy atom. The minimum atomic E-state index is -3.37. The Hall–Kier alpha value is -1.73. The van der Waals surface area contributed by atoms with Gasteiger partial charge in [-0.2, -0.15) is 4.98 Å². The minimum Gasteiger partial charge on any atom is -0.334 e. The Morgan fingerprint density at radius 1 is 1.26 bits per heavy atom. The van der Waals surface area contributed by atoms with Gasteiger partial charge in [-0.15, -0.1) is 0 Å². The van der Waals surface area contributed by atoms with E-state index < -0.39 is 15.4 Å². The van der Waals surface area contributed by atoms with Crippen LogP contribution in [0.25, 0.3) is 11.5 Å². The van der Waals surface area contributed by atoms with E-state index in [1.807, 2.05) is 6.92 Å². The summed E-state index contributed by atoms with van der Waals surface area (Å²) in [5, 5.41) is 4.01. The molecule has 23 heavy (non-hydrogen) atoms. The van der Waals surface area contributed by atoms with Crippen LogP contribution in [0, 0.1) is 0 Å². The lowest BCUT2D eigenvalue weighted by Gasteiger charge is -2.17. The van der Waals surface area contributed by atoms with E-state index in [4.69, 9.17) is 10.3 Å². The largest absolute Gasteiger partial charge is 0.334 e. The van der Waals surface area contributed by atoms with Crippen LogP contribution < -0.4 is 5.73 Å². The fraction of sp³-hybridized carbons (Fsp3) is 0.500. The van der Waals surface area contributed by atoms with Gasteiger partial charge in [0, 0.05) is 0 Å². The molecule has 0 unspecified atom stereocenters. The molecule has 0 saturated heterocycles. The summed E-state index contributed by atoms with van der Waals surface area (Å²) in [7, 11) is -3.37. The van der Waals surface area contributed by atoms with Gasteiger partial charge in [0.05, 0.1) is 21.8 Å². The highest BCUT2D eigenvalue weighted by atomic mass is 32.2. The monoisotopic (exact) mass is 335 g/mol. The first-order valence-electron chi connectivity index (χ1n) is 7.91. The molecule has 0 radical (unpaired) electrons. The lowest BCUT2D eigenvalue weighted by molar-refractivity contribution is 0.372. The molecule has 1 aromatic carbocycles. The topological polar surface area (TPSA) is 99.1 Å². The lowest BCUT2D eigenvalue weighted by atomic mass is 9.99. The number of hydrogen-bond donors (Lipinski definition) is 1. The number of rotatable bonds is 5. The van der Waals surface area contributed by atoms with Crippen molar-refractivity contribution in [3.63, 3.8) is 0 Å². The van der Waals surface area contributed by atoms with Gasteiger partial charge < -0.3 is 10.3 Å². The van der Waals surface area contributed by atoms with Gasteiger partial charge in [-0.3, -0.25) is 0 Å². The summed E-state index contributed by atoms with van der Waals surface area (Å²) in [4.78, 5) is 4.63. The SMILES string of the molecule is CCCS(=O)(=O)c1ccccc1-c1nc(C2(N)CCCC2)no1. The first-order valence-corrected chi connectivity index (χ1v) is 9.57. The number of nitrogens with zero attached hydrogens (tertiary/aromatic N) is 2. The van der Waals surface area contributed by atoms with Gasteiger partial charge in [-0.25, -0.2) is 8.42 Å². The van der Waals surface area contributed by atoms with Crippen LogP contribution in [0.3, 0.4) is 0 Å². The number of benzene rings is 1. The van der Waals surface area contributed by atoms with E-state index in [9.17, 15) is 8.42 Å². The van der Waals surface area contributed by atoms with E-state index in [1.165, 1.54) is 0 Å². The summed E-state index contributed by atoms with van der Waals surface area (Å²) < 4.78 is 30.2. The number of aromatic nitrogens is 2.